The fourth-order valence-electron chi connectivity index (χ4n) is 4.83. The van der Waals surface area contributed by atoms with Crippen LogP contribution >= 0.6 is 11.3 Å². The molecule has 30 heavy (non-hydrogen) atoms. The van der Waals surface area contributed by atoms with E-state index in [9.17, 15) is 13.2 Å². The van der Waals surface area contributed by atoms with E-state index < -0.39 is 20.3 Å². The lowest BCUT2D eigenvalue weighted by atomic mass is 9.67. The Kier molecular flexibility index (Phi) is 3.23. The first-order chi connectivity index (χ1) is 14.3. The number of aromatic nitrogens is 2. The van der Waals surface area contributed by atoms with Crippen molar-refractivity contribution in [2.75, 3.05) is 12.4 Å². The molecular weight excluding hydrogens is 424 g/mol. The molecule has 154 valence electrons. The van der Waals surface area contributed by atoms with E-state index in [1.165, 1.54) is 18.4 Å². The molecule has 0 unspecified atom stereocenters. The first-order valence-electron chi connectivity index (χ1n) is 9.50. The number of thiazole rings is 1. The van der Waals surface area contributed by atoms with Crippen LogP contribution in [-0.2, 0) is 22.0 Å². The second-order valence-electron chi connectivity index (χ2n) is 8.07. The number of benzene rings is 1. The monoisotopic (exact) mass is 442 g/mol. The zero-order valence-electron chi connectivity index (χ0n) is 16.0. The van der Waals surface area contributed by atoms with Gasteiger partial charge in [-0.05, 0) is 36.1 Å². The van der Waals surface area contributed by atoms with Crippen molar-refractivity contribution in [1.82, 2.24) is 19.0 Å². The van der Waals surface area contributed by atoms with Crippen molar-refractivity contribution in [3.63, 3.8) is 0 Å². The van der Waals surface area contributed by atoms with Gasteiger partial charge in [0.25, 0.3) is 5.91 Å². The first-order valence-corrected chi connectivity index (χ1v) is 11.8. The van der Waals surface area contributed by atoms with Gasteiger partial charge in [0.1, 0.15) is 10.4 Å². The predicted octanol–water partition coefficient (Wildman–Crippen LogP) is 1.73. The van der Waals surface area contributed by atoms with Gasteiger partial charge in [0.15, 0.2) is 4.96 Å². The Labute approximate surface area is 176 Å². The van der Waals surface area contributed by atoms with Crippen LogP contribution in [0.15, 0.2) is 36.0 Å². The van der Waals surface area contributed by atoms with Crippen LogP contribution in [0.25, 0.3) is 4.96 Å². The molecule has 1 aromatic carbocycles. The standard InChI is InChI=1S/C19H18N6O3S2/c1-24-16(20)23-19(18(4-5-18)30(24,27)28)9-11-2-3-12(8-13(11)19)21-15(26)14-10-25-6-7-29-17(25)22-14/h2-3,6-8,10H,4-5,9H2,1H3,(H2,20,23)(H,21,26)/t19-/m1/s1. The van der Waals surface area contributed by atoms with Gasteiger partial charge in [-0.25, -0.2) is 17.7 Å². The number of nitrogens with one attached hydrogen (secondary N) is 3. The minimum absolute atomic E-state index is 0.120. The van der Waals surface area contributed by atoms with Gasteiger partial charge in [0.05, 0.1) is 5.54 Å². The van der Waals surface area contributed by atoms with Gasteiger partial charge in [0.2, 0.25) is 16.0 Å². The average molecular weight is 443 g/mol. The van der Waals surface area contributed by atoms with Crippen LogP contribution in [-0.4, -0.2) is 45.8 Å². The molecule has 6 rings (SSSR count). The van der Waals surface area contributed by atoms with E-state index in [0.29, 0.717) is 30.6 Å². The summed E-state index contributed by atoms with van der Waals surface area (Å²) in [6, 6.07) is 5.56. The molecule has 3 N–H and O–H groups in total. The van der Waals surface area contributed by atoms with Crippen molar-refractivity contribution in [3.8, 4) is 0 Å². The quantitative estimate of drug-likeness (QED) is 0.558. The van der Waals surface area contributed by atoms with Crippen LogP contribution in [0.3, 0.4) is 0 Å². The summed E-state index contributed by atoms with van der Waals surface area (Å²) in [5, 5.41) is 16.1. The van der Waals surface area contributed by atoms with Gasteiger partial charge in [0, 0.05) is 36.9 Å². The number of anilines is 1. The van der Waals surface area contributed by atoms with E-state index in [1.54, 1.807) is 10.6 Å². The summed E-state index contributed by atoms with van der Waals surface area (Å²) >= 11 is 1.45. The fraction of sp³-hybridized carbons (Fsp3) is 0.316. The van der Waals surface area contributed by atoms with Crippen molar-refractivity contribution in [2.24, 2.45) is 0 Å². The molecule has 1 saturated carbocycles. The van der Waals surface area contributed by atoms with Crippen LogP contribution in [0.4, 0.5) is 5.69 Å². The zero-order chi connectivity index (χ0) is 20.9. The molecule has 0 radical (unpaired) electrons. The molecular formula is C19H18N6O3S2. The van der Waals surface area contributed by atoms with E-state index in [-0.39, 0.29) is 11.9 Å². The highest BCUT2D eigenvalue weighted by atomic mass is 32.2. The number of carbonyl (C=O) groups excluding carboxylic acids is 1. The van der Waals surface area contributed by atoms with Crippen LogP contribution in [0.2, 0.25) is 0 Å². The number of fused-ring (bicyclic) bond motifs is 4. The van der Waals surface area contributed by atoms with Gasteiger partial charge < -0.3 is 10.6 Å². The lowest BCUT2D eigenvalue weighted by Crippen LogP contribution is -2.72. The van der Waals surface area contributed by atoms with Crippen molar-refractivity contribution in [1.29, 1.82) is 5.41 Å². The summed E-state index contributed by atoms with van der Waals surface area (Å²) in [4.78, 5) is 17.7. The summed E-state index contributed by atoms with van der Waals surface area (Å²) in [7, 11) is -2.21. The Morgan fingerprint density at radius 2 is 2.17 bits per heavy atom. The number of rotatable bonds is 2. The first kappa shape index (κ1) is 17.9. The molecule has 2 spiro atoms. The van der Waals surface area contributed by atoms with E-state index in [1.807, 2.05) is 29.8 Å². The van der Waals surface area contributed by atoms with Crippen LogP contribution in [0.1, 0.15) is 34.5 Å². The van der Waals surface area contributed by atoms with Gasteiger partial charge in [-0.1, -0.05) is 6.07 Å². The topological polar surface area (TPSA) is 120 Å². The minimum atomic E-state index is -3.63. The Morgan fingerprint density at radius 1 is 1.37 bits per heavy atom. The van der Waals surface area contributed by atoms with Gasteiger partial charge in [-0.15, -0.1) is 11.3 Å². The Morgan fingerprint density at radius 3 is 2.90 bits per heavy atom. The summed E-state index contributed by atoms with van der Waals surface area (Å²) in [5.74, 6) is -0.442. The third kappa shape index (κ3) is 2.01. The fourth-order valence-corrected chi connectivity index (χ4v) is 7.63. The Hall–Kier alpha value is -2.92. The number of imidazole rings is 1. The second kappa shape index (κ2) is 5.41. The summed E-state index contributed by atoms with van der Waals surface area (Å²) in [6.07, 6.45) is 5.18. The molecule has 1 atom stereocenters. The maximum absolute atomic E-state index is 13.1. The van der Waals surface area contributed by atoms with Crippen LogP contribution in [0.5, 0.6) is 0 Å². The molecule has 3 aliphatic rings. The molecule has 3 aromatic rings. The van der Waals surface area contributed by atoms with E-state index in [4.69, 9.17) is 5.41 Å². The number of hydrogen-bond donors (Lipinski definition) is 3. The van der Waals surface area contributed by atoms with Crippen LogP contribution in [0, 0.1) is 5.41 Å². The van der Waals surface area contributed by atoms with Gasteiger partial charge in [-0.2, -0.15) is 0 Å². The maximum Gasteiger partial charge on any atom is 0.275 e. The number of guanidine groups is 1. The number of nitrogens with zero attached hydrogens (tertiary/aromatic N) is 3. The third-order valence-electron chi connectivity index (χ3n) is 6.59. The molecule has 1 saturated heterocycles. The molecule has 2 aromatic heterocycles. The van der Waals surface area contributed by atoms with Crippen molar-refractivity contribution >= 4 is 43.9 Å². The molecule has 1 aliphatic heterocycles. The molecule has 11 heteroatoms. The van der Waals surface area contributed by atoms with Crippen molar-refractivity contribution < 1.29 is 13.2 Å². The third-order valence-corrected chi connectivity index (χ3v) is 10.0. The van der Waals surface area contributed by atoms with Crippen LogP contribution < -0.4 is 10.6 Å². The number of hydrogen-bond acceptors (Lipinski definition) is 6. The maximum atomic E-state index is 13.1. The zero-order valence-corrected chi connectivity index (χ0v) is 17.6. The average Bonchev–Trinajstić information content (AvgIpc) is 3.23. The van der Waals surface area contributed by atoms with E-state index in [2.05, 4.69) is 15.6 Å². The normalized spacial score (nSPS) is 25.1. The minimum Gasteiger partial charge on any atom is -0.344 e. The molecule has 0 bridgehead atoms. The molecule has 2 aliphatic carbocycles. The van der Waals surface area contributed by atoms with Crippen molar-refractivity contribution in [2.45, 2.75) is 29.5 Å². The summed E-state index contributed by atoms with van der Waals surface area (Å²) < 4.78 is 28.1. The number of sulfonamides is 1. The van der Waals surface area contributed by atoms with Crippen molar-refractivity contribution in [3.05, 3.63) is 52.8 Å². The largest absolute Gasteiger partial charge is 0.344 e. The second-order valence-corrected chi connectivity index (χ2v) is 11.2. The molecule has 1 amide bonds. The highest BCUT2D eigenvalue weighted by Gasteiger charge is 2.75. The Bertz CT molecular complexity index is 1340. The Balaban J connectivity index is 1.35. The van der Waals surface area contributed by atoms with E-state index >= 15 is 0 Å². The summed E-state index contributed by atoms with van der Waals surface area (Å²) in [5.41, 5.74) is 1.95. The summed E-state index contributed by atoms with van der Waals surface area (Å²) in [6.45, 7) is 0. The predicted molar refractivity (Wildman–Crippen MR) is 112 cm³/mol. The number of carbonyl (C=O) groups is 1. The smallest absolute Gasteiger partial charge is 0.275 e. The molecule has 3 heterocycles. The highest BCUT2D eigenvalue weighted by molar-refractivity contribution is 7.91. The van der Waals surface area contributed by atoms with Gasteiger partial charge in [-0.3, -0.25) is 14.6 Å². The highest BCUT2D eigenvalue weighted by Crippen LogP contribution is 2.63. The molecule has 9 nitrogen and oxygen atoms in total. The molecule has 2 fully saturated rings. The lowest BCUT2D eigenvalue weighted by molar-refractivity contribution is 0.102. The lowest BCUT2D eigenvalue weighted by Gasteiger charge is -2.54. The number of amides is 1. The van der Waals surface area contributed by atoms with Gasteiger partial charge >= 0.3 is 0 Å². The SMILES string of the molecule is CN1C(=N)N[C@@]2(Cc3ccc(NC(=O)c4cn5ccsc5n4)cc32)C2(CC2)S1(=O)=O. The van der Waals surface area contributed by atoms with E-state index in [0.717, 1.165) is 20.4 Å².